The van der Waals surface area contributed by atoms with Crippen LogP contribution in [0.15, 0.2) is 23.3 Å². The lowest BCUT2D eigenvalue weighted by atomic mass is 9.51. The second-order valence-corrected chi connectivity index (χ2v) is 8.23. The summed E-state index contributed by atoms with van der Waals surface area (Å²) in [7, 11) is 0. The molecule has 0 aromatic rings. The molecule has 1 N–H and O–H groups in total. The number of rotatable bonds is 0. The fourth-order valence-electron chi connectivity index (χ4n) is 6.01. The highest BCUT2D eigenvalue weighted by Crippen LogP contribution is 2.63. The monoisotopic (exact) mass is 272 g/mol. The molecule has 1 unspecified atom stereocenters. The van der Waals surface area contributed by atoms with Crippen molar-refractivity contribution in [3.8, 4) is 0 Å². The number of aliphatic hydroxyl groups is 1. The van der Waals surface area contributed by atoms with Crippen molar-refractivity contribution in [2.45, 2.75) is 71.3 Å². The lowest BCUT2D eigenvalue weighted by Gasteiger charge is -2.53. The van der Waals surface area contributed by atoms with Crippen LogP contribution in [-0.4, -0.2) is 11.2 Å². The highest BCUT2D eigenvalue weighted by molar-refractivity contribution is 5.38. The molecule has 0 heterocycles. The molecule has 0 aromatic heterocycles. The standard InChI is InChI=1S/C19H28O/c1-18-11-4-3-5-13(18)6-7-14-15-8-9-17(20)19(15,2)12-10-16(14)18/h6-7,15-17,20H,3-5,8-12H2,1-2H3/t15-,16+,17?,18-,19-/m0/s1. The molecule has 0 aliphatic heterocycles. The topological polar surface area (TPSA) is 20.2 Å². The minimum atomic E-state index is -0.0705. The molecule has 3 fully saturated rings. The van der Waals surface area contributed by atoms with E-state index in [1.54, 1.807) is 11.1 Å². The van der Waals surface area contributed by atoms with E-state index < -0.39 is 0 Å². The van der Waals surface area contributed by atoms with Crippen LogP contribution in [0.1, 0.15) is 65.2 Å². The zero-order chi connectivity index (χ0) is 14.0. The molecule has 0 spiro atoms. The molecular weight excluding hydrogens is 244 g/mol. The van der Waals surface area contributed by atoms with Gasteiger partial charge in [-0.3, -0.25) is 0 Å². The van der Waals surface area contributed by atoms with Gasteiger partial charge in [0.05, 0.1) is 6.10 Å². The molecule has 3 saturated carbocycles. The average Bonchev–Trinajstić information content (AvgIpc) is 2.74. The van der Waals surface area contributed by atoms with Gasteiger partial charge < -0.3 is 5.11 Å². The molecule has 1 heteroatoms. The largest absolute Gasteiger partial charge is 0.393 e. The molecule has 0 amide bonds. The van der Waals surface area contributed by atoms with E-state index in [0.717, 1.165) is 12.3 Å². The van der Waals surface area contributed by atoms with Crippen molar-refractivity contribution in [2.75, 3.05) is 0 Å². The van der Waals surface area contributed by atoms with Crippen molar-refractivity contribution >= 4 is 0 Å². The SMILES string of the molecule is C[C@]12CCCCC1=CC=C1[C@H]2CC[C@]2(C)C(O)CC[C@@H]12. The number of hydrogen-bond donors (Lipinski definition) is 1. The summed E-state index contributed by atoms with van der Waals surface area (Å²) in [4.78, 5) is 0. The predicted octanol–water partition coefficient (Wildman–Crippen LogP) is 4.62. The molecule has 0 saturated heterocycles. The van der Waals surface area contributed by atoms with Gasteiger partial charge in [0.25, 0.3) is 0 Å². The van der Waals surface area contributed by atoms with Gasteiger partial charge in [-0.05, 0) is 62.2 Å². The van der Waals surface area contributed by atoms with Gasteiger partial charge in [-0.15, -0.1) is 0 Å². The van der Waals surface area contributed by atoms with Crippen LogP contribution in [0.3, 0.4) is 0 Å². The molecule has 110 valence electrons. The minimum Gasteiger partial charge on any atom is -0.393 e. The van der Waals surface area contributed by atoms with Crippen LogP contribution in [0.4, 0.5) is 0 Å². The van der Waals surface area contributed by atoms with Crippen molar-refractivity contribution in [1.82, 2.24) is 0 Å². The van der Waals surface area contributed by atoms with Gasteiger partial charge in [-0.1, -0.05) is 43.6 Å². The van der Waals surface area contributed by atoms with E-state index in [1.165, 1.54) is 44.9 Å². The number of aliphatic hydroxyl groups excluding tert-OH is 1. The van der Waals surface area contributed by atoms with Crippen LogP contribution < -0.4 is 0 Å². The summed E-state index contributed by atoms with van der Waals surface area (Å²) in [5, 5.41) is 10.4. The van der Waals surface area contributed by atoms with Gasteiger partial charge >= 0.3 is 0 Å². The lowest BCUT2D eigenvalue weighted by Crippen LogP contribution is -2.45. The van der Waals surface area contributed by atoms with Crippen LogP contribution in [0, 0.1) is 22.7 Å². The summed E-state index contributed by atoms with van der Waals surface area (Å²) < 4.78 is 0. The maximum atomic E-state index is 10.4. The van der Waals surface area contributed by atoms with Crippen molar-refractivity contribution < 1.29 is 5.11 Å². The molecular formula is C19H28O. The summed E-state index contributed by atoms with van der Waals surface area (Å²) in [5.74, 6) is 1.42. The number of allylic oxidation sites excluding steroid dienone is 4. The third kappa shape index (κ3) is 1.53. The molecule has 0 radical (unpaired) electrons. The summed E-state index contributed by atoms with van der Waals surface area (Å²) in [6.45, 7) is 4.87. The van der Waals surface area contributed by atoms with Gasteiger partial charge in [0.1, 0.15) is 0 Å². The van der Waals surface area contributed by atoms with Gasteiger partial charge in [0, 0.05) is 5.41 Å². The third-order valence-corrected chi connectivity index (χ3v) is 7.43. The normalized spacial score (nSPS) is 50.6. The Kier molecular flexibility index (Phi) is 2.77. The Bertz CT molecular complexity index is 488. The Labute approximate surface area is 123 Å². The molecule has 0 bridgehead atoms. The van der Waals surface area contributed by atoms with E-state index >= 15 is 0 Å². The summed E-state index contributed by atoms with van der Waals surface area (Å²) in [6, 6.07) is 0. The van der Waals surface area contributed by atoms with Crippen LogP contribution in [0.25, 0.3) is 0 Å². The first-order valence-corrected chi connectivity index (χ1v) is 8.65. The van der Waals surface area contributed by atoms with Crippen LogP contribution in [-0.2, 0) is 0 Å². The van der Waals surface area contributed by atoms with E-state index in [0.29, 0.717) is 11.3 Å². The average molecular weight is 272 g/mol. The molecule has 20 heavy (non-hydrogen) atoms. The zero-order valence-electron chi connectivity index (χ0n) is 13.0. The Morgan fingerprint density at radius 2 is 1.85 bits per heavy atom. The molecule has 1 nitrogen and oxygen atoms in total. The van der Waals surface area contributed by atoms with E-state index in [4.69, 9.17) is 0 Å². The minimum absolute atomic E-state index is 0.0705. The van der Waals surface area contributed by atoms with Crippen molar-refractivity contribution in [1.29, 1.82) is 0 Å². The maximum Gasteiger partial charge on any atom is 0.0599 e. The summed E-state index contributed by atoms with van der Waals surface area (Å²) in [5.41, 5.74) is 4.03. The molecule has 4 rings (SSSR count). The molecule has 5 atom stereocenters. The molecule has 0 aromatic carbocycles. The Balaban J connectivity index is 1.76. The van der Waals surface area contributed by atoms with E-state index in [9.17, 15) is 5.11 Å². The van der Waals surface area contributed by atoms with Crippen molar-refractivity contribution in [2.24, 2.45) is 22.7 Å². The van der Waals surface area contributed by atoms with Gasteiger partial charge in [-0.2, -0.15) is 0 Å². The first-order chi connectivity index (χ1) is 9.56. The third-order valence-electron chi connectivity index (χ3n) is 7.43. The van der Waals surface area contributed by atoms with Gasteiger partial charge in [-0.25, -0.2) is 0 Å². The predicted molar refractivity (Wildman–Crippen MR) is 82.3 cm³/mol. The zero-order valence-corrected chi connectivity index (χ0v) is 13.0. The van der Waals surface area contributed by atoms with Crippen molar-refractivity contribution in [3.63, 3.8) is 0 Å². The number of hydrogen-bond acceptors (Lipinski definition) is 1. The van der Waals surface area contributed by atoms with E-state index in [1.807, 2.05) is 0 Å². The second kappa shape index (κ2) is 4.22. The van der Waals surface area contributed by atoms with E-state index in [-0.39, 0.29) is 11.5 Å². The van der Waals surface area contributed by atoms with Crippen LogP contribution in [0.2, 0.25) is 0 Å². The van der Waals surface area contributed by atoms with Crippen molar-refractivity contribution in [3.05, 3.63) is 23.3 Å². The highest BCUT2D eigenvalue weighted by atomic mass is 16.3. The first kappa shape index (κ1) is 13.1. The highest BCUT2D eigenvalue weighted by Gasteiger charge is 2.55. The fraction of sp³-hybridized carbons (Fsp3) is 0.789. The molecule has 4 aliphatic carbocycles. The second-order valence-electron chi connectivity index (χ2n) is 8.23. The quantitative estimate of drug-likeness (QED) is 0.682. The Hall–Kier alpha value is -0.560. The Morgan fingerprint density at radius 3 is 2.70 bits per heavy atom. The maximum absolute atomic E-state index is 10.4. The lowest BCUT2D eigenvalue weighted by molar-refractivity contribution is 0.00685. The summed E-state index contributed by atoms with van der Waals surface area (Å²) in [6.07, 6.45) is 15.1. The van der Waals surface area contributed by atoms with Crippen LogP contribution >= 0.6 is 0 Å². The van der Waals surface area contributed by atoms with Gasteiger partial charge in [0.15, 0.2) is 0 Å². The Morgan fingerprint density at radius 1 is 1.00 bits per heavy atom. The van der Waals surface area contributed by atoms with Crippen LogP contribution in [0.5, 0.6) is 0 Å². The fourth-order valence-corrected chi connectivity index (χ4v) is 6.01. The summed E-state index contributed by atoms with van der Waals surface area (Å²) >= 11 is 0. The molecule has 4 aliphatic rings. The number of fused-ring (bicyclic) bond motifs is 5. The van der Waals surface area contributed by atoms with E-state index in [2.05, 4.69) is 26.0 Å². The smallest absolute Gasteiger partial charge is 0.0599 e. The van der Waals surface area contributed by atoms with Gasteiger partial charge in [0.2, 0.25) is 0 Å². The first-order valence-electron chi connectivity index (χ1n) is 8.65.